The molecule has 0 radical (unpaired) electrons. The van der Waals surface area contributed by atoms with Crippen LogP contribution >= 0.6 is 11.3 Å². The number of thiophene rings is 1. The average molecular weight is 305 g/mol. The summed E-state index contributed by atoms with van der Waals surface area (Å²) < 4.78 is 1.54. The van der Waals surface area contributed by atoms with Crippen molar-refractivity contribution in [1.82, 2.24) is 14.5 Å². The molecule has 0 N–H and O–H groups in total. The number of rotatable bonds is 5. The van der Waals surface area contributed by atoms with Gasteiger partial charge in [0.2, 0.25) is 5.91 Å². The fourth-order valence-electron chi connectivity index (χ4n) is 2.66. The van der Waals surface area contributed by atoms with Gasteiger partial charge in [0.15, 0.2) is 0 Å². The maximum absolute atomic E-state index is 12.4. The first-order valence-electron chi connectivity index (χ1n) is 7.31. The summed E-state index contributed by atoms with van der Waals surface area (Å²) in [7, 11) is 0. The van der Waals surface area contributed by atoms with Crippen LogP contribution in [-0.4, -0.2) is 32.4 Å². The van der Waals surface area contributed by atoms with Crippen LogP contribution in [0.5, 0.6) is 0 Å². The minimum atomic E-state index is -0.0587. The highest BCUT2D eigenvalue weighted by Gasteiger charge is 2.33. The molecule has 1 aliphatic rings. The number of fused-ring (bicyclic) bond motifs is 1. The van der Waals surface area contributed by atoms with Crippen LogP contribution in [0.3, 0.4) is 0 Å². The van der Waals surface area contributed by atoms with Crippen LogP contribution in [-0.2, 0) is 11.3 Å². The Labute approximate surface area is 127 Å². The average Bonchev–Trinajstić information content (AvgIpc) is 3.13. The molecule has 0 aromatic carbocycles. The Hall–Kier alpha value is -1.69. The number of carbonyl (C=O) groups excluding carboxylic acids is 1. The zero-order valence-corrected chi connectivity index (χ0v) is 13.1. The molecule has 1 aliphatic carbocycles. The first-order valence-corrected chi connectivity index (χ1v) is 8.19. The Kier molecular flexibility index (Phi) is 3.80. The lowest BCUT2D eigenvalue weighted by molar-refractivity contribution is -0.133. The van der Waals surface area contributed by atoms with Crippen LogP contribution in [0.25, 0.3) is 10.2 Å². The molecule has 2 aromatic rings. The van der Waals surface area contributed by atoms with E-state index in [0.717, 1.165) is 17.7 Å². The van der Waals surface area contributed by atoms with Crippen molar-refractivity contribution in [2.24, 2.45) is 0 Å². The minimum Gasteiger partial charge on any atom is -0.337 e. The number of aromatic nitrogens is 2. The molecule has 1 fully saturated rings. The molecular weight excluding hydrogens is 286 g/mol. The van der Waals surface area contributed by atoms with E-state index in [9.17, 15) is 9.59 Å². The van der Waals surface area contributed by atoms with E-state index in [1.54, 1.807) is 17.0 Å². The number of hydrogen-bond acceptors (Lipinski definition) is 4. The smallest absolute Gasteiger partial charge is 0.262 e. The van der Waals surface area contributed by atoms with Gasteiger partial charge in [-0.05, 0) is 38.1 Å². The fourth-order valence-corrected chi connectivity index (χ4v) is 3.39. The van der Waals surface area contributed by atoms with E-state index in [4.69, 9.17) is 0 Å². The normalized spacial score (nSPS) is 14.8. The molecule has 1 saturated carbocycles. The van der Waals surface area contributed by atoms with Crippen LogP contribution in [0.15, 0.2) is 22.6 Å². The number of nitrogens with zero attached hydrogens (tertiary/aromatic N) is 3. The topological polar surface area (TPSA) is 55.2 Å². The lowest BCUT2D eigenvalue weighted by Crippen LogP contribution is -2.39. The summed E-state index contributed by atoms with van der Waals surface area (Å²) >= 11 is 1.46. The Morgan fingerprint density at radius 3 is 2.95 bits per heavy atom. The van der Waals surface area contributed by atoms with E-state index in [-0.39, 0.29) is 17.5 Å². The fraction of sp³-hybridized carbons (Fsp3) is 0.533. The molecule has 0 unspecified atom stereocenters. The van der Waals surface area contributed by atoms with Gasteiger partial charge in [-0.15, -0.1) is 11.3 Å². The highest BCUT2D eigenvalue weighted by atomic mass is 32.1. The predicted molar refractivity (Wildman–Crippen MR) is 83.5 cm³/mol. The zero-order chi connectivity index (χ0) is 15.0. The van der Waals surface area contributed by atoms with Gasteiger partial charge in [0.1, 0.15) is 4.83 Å². The second-order valence-corrected chi connectivity index (χ2v) is 6.65. The van der Waals surface area contributed by atoms with E-state index < -0.39 is 0 Å². The van der Waals surface area contributed by atoms with E-state index in [0.29, 0.717) is 24.4 Å². The highest BCUT2D eigenvalue weighted by molar-refractivity contribution is 7.16. The largest absolute Gasteiger partial charge is 0.337 e. The van der Waals surface area contributed by atoms with E-state index in [1.807, 2.05) is 24.1 Å². The summed E-state index contributed by atoms with van der Waals surface area (Å²) in [6, 6.07) is 2.42. The zero-order valence-electron chi connectivity index (χ0n) is 12.3. The van der Waals surface area contributed by atoms with Gasteiger partial charge in [0.25, 0.3) is 5.56 Å². The molecule has 0 saturated heterocycles. The van der Waals surface area contributed by atoms with Gasteiger partial charge in [-0.1, -0.05) is 0 Å². The summed E-state index contributed by atoms with van der Waals surface area (Å²) in [4.78, 5) is 31.6. The summed E-state index contributed by atoms with van der Waals surface area (Å²) in [5.41, 5.74) is -0.0587. The van der Waals surface area contributed by atoms with Gasteiger partial charge in [-0.25, -0.2) is 4.98 Å². The van der Waals surface area contributed by atoms with Crippen molar-refractivity contribution in [3.8, 4) is 0 Å². The van der Waals surface area contributed by atoms with Crippen molar-refractivity contribution in [2.75, 3.05) is 0 Å². The first-order chi connectivity index (χ1) is 10.1. The van der Waals surface area contributed by atoms with Crippen molar-refractivity contribution < 1.29 is 4.79 Å². The van der Waals surface area contributed by atoms with Crippen LogP contribution < -0.4 is 5.56 Å². The second-order valence-electron chi connectivity index (χ2n) is 5.76. The van der Waals surface area contributed by atoms with Gasteiger partial charge in [0.05, 0.1) is 11.7 Å². The third-order valence-corrected chi connectivity index (χ3v) is 4.62. The number of aryl methyl sites for hydroxylation is 1. The van der Waals surface area contributed by atoms with Gasteiger partial charge in [-0.2, -0.15) is 0 Å². The lowest BCUT2D eigenvalue weighted by Gasteiger charge is -2.26. The van der Waals surface area contributed by atoms with Crippen molar-refractivity contribution in [2.45, 2.75) is 51.7 Å². The Morgan fingerprint density at radius 2 is 2.29 bits per heavy atom. The monoisotopic (exact) mass is 305 g/mol. The predicted octanol–water partition coefficient (Wildman–Crippen LogP) is 2.25. The van der Waals surface area contributed by atoms with Gasteiger partial charge < -0.3 is 4.90 Å². The molecule has 2 heterocycles. The van der Waals surface area contributed by atoms with Gasteiger partial charge in [0, 0.05) is 25.0 Å². The quantitative estimate of drug-likeness (QED) is 0.851. The summed E-state index contributed by atoms with van der Waals surface area (Å²) in [6.45, 7) is 4.48. The van der Waals surface area contributed by atoms with Crippen molar-refractivity contribution in [3.05, 3.63) is 28.1 Å². The minimum absolute atomic E-state index is 0.0587. The maximum atomic E-state index is 12.4. The Morgan fingerprint density at radius 1 is 1.52 bits per heavy atom. The highest BCUT2D eigenvalue weighted by Crippen LogP contribution is 2.29. The first kappa shape index (κ1) is 14.3. The maximum Gasteiger partial charge on any atom is 0.262 e. The molecule has 2 aromatic heterocycles. The van der Waals surface area contributed by atoms with E-state index in [2.05, 4.69) is 4.98 Å². The molecule has 0 bridgehead atoms. The van der Waals surface area contributed by atoms with Crippen molar-refractivity contribution >= 4 is 27.5 Å². The molecule has 21 heavy (non-hydrogen) atoms. The number of carbonyl (C=O) groups is 1. The van der Waals surface area contributed by atoms with Crippen LogP contribution in [0.2, 0.25) is 0 Å². The standard InChI is InChI=1S/C15H19N3O2S/c1-10(2)18(11-3-4-11)13(19)5-7-17-9-16-14-12(15(17)20)6-8-21-14/h6,8-11H,3-5,7H2,1-2H3. The third-order valence-electron chi connectivity index (χ3n) is 3.80. The van der Waals surface area contributed by atoms with Gasteiger partial charge in [-0.3, -0.25) is 14.2 Å². The van der Waals surface area contributed by atoms with E-state index >= 15 is 0 Å². The lowest BCUT2D eigenvalue weighted by atomic mass is 10.2. The SMILES string of the molecule is CC(C)N(C(=O)CCn1cnc2sccc2c1=O)C1CC1. The Balaban J connectivity index is 1.72. The summed E-state index contributed by atoms with van der Waals surface area (Å²) in [5, 5.41) is 2.50. The molecular formula is C15H19N3O2S. The summed E-state index contributed by atoms with van der Waals surface area (Å²) in [6.07, 6.45) is 4.11. The molecule has 3 rings (SSSR count). The third kappa shape index (κ3) is 2.85. The number of hydrogen-bond donors (Lipinski definition) is 0. The molecule has 6 heteroatoms. The molecule has 0 aliphatic heterocycles. The van der Waals surface area contributed by atoms with Gasteiger partial charge >= 0.3 is 0 Å². The summed E-state index contributed by atoms with van der Waals surface area (Å²) in [5.74, 6) is 0.129. The molecule has 0 spiro atoms. The number of amides is 1. The van der Waals surface area contributed by atoms with Crippen LogP contribution in [0.1, 0.15) is 33.1 Å². The molecule has 0 atom stereocenters. The molecule has 5 nitrogen and oxygen atoms in total. The van der Waals surface area contributed by atoms with Crippen molar-refractivity contribution in [3.63, 3.8) is 0 Å². The van der Waals surface area contributed by atoms with Crippen molar-refractivity contribution in [1.29, 1.82) is 0 Å². The van der Waals surface area contributed by atoms with Crippen LogP contribution in [0, 0.1) is 0 Å². The van der Waals surface area contributed by atoms with Crippen LogP contribution in [0.4, 0.5) is 0 Å². The molecule has 112 valence electrons. The second kappa shape index (κ2) is 5.60. The van der Waals surface area contributed by atoms with E-state index in [1.165, 1.54) is 11.3 Å². The Bertz CT molecular complexity index is 713. The molecule has 1 amide bonds.